The molecule has 1 amide bonds. The molecule has 0 aliphatic carbocycles. The van der Waals surface area contributed by atoms with Crippen LogP contribution in [0.1, 0.15) is 29.5 Å². The number of nitrogens with one attached hydrogen (secondary N) is 1. The van der Waals surface area contributed by atoms with Crippen molar-refractivity contribution in [2.45, 2.75) is 37.7 Å². The van der Waals surface area contributed by atoms with E-state index < -0.39 is 57.6 Å². The van der Waals surface area contributed by atoms with Crippen LogP contribution in [0.25, 0.3) is 0 Å². The van der Waals surface area contributed by atoms with Crippen molar-refractivity contribution in [3.63, 3.8) is 0 Å². The first-order valence-electron chi connectivity index (χ1n) is 10.4. The van der Waals surface area contributed by atoms with Crippen LogP contribution in [0.2, 0.25) is 0 Å². The van der Waals surface area contributed by atoms with Gasteiger partial charge in [-0.05, 0) is 50.2 Å². The SMILES string of the molecule is CN1CCCC(N(c2cnn(C)c2)S(=O)(=O)NC(=O)Cc2cc(C(F)(F)F)cc(C(F)(F)F)c2)C1.[NaH]. The van der Waals surface area contributed by atoms with Crippen molar-refractivity contribution in [1.29, 1.82) is 0 Å². The number of likely N-dealkylation sites (tertiary alicyclic amines) is 1. The quantitative estimate of drug-likeness (QED) is 0.440. The van der Waals surface area contributed by atoms with Crippen molar-refractivity contribution >= 4 is 51.4 Å². The first-order chi connectivity index (χ1) is 16.1. The molecule has 0 spiro atoms. The summed E-state index contributed by atoms with van der Waals surface area (Å²) in [5.41, 5.74) is -3.67. The number of carbonyl (C=O) groups excluding carboxylic acids is 1. The monoisotopic (exact) mass is 551 g/mol. The molecule has 8 nitrogen and oxygen atoms in total. The van der Waals surface area contributed by atoms with E-state index in [9.17, 15) is 39.6 Å². The zero-order valence-corrected chi connectivity index (χ0v) is 19.5. The normalized spacial score (nSPS) is 17.4. The number of likely N-dealkylation sites (N-methyl/N-ethyl adjacent to an activating group) is 1. The molecule has 196 valence electrons. The Morgan fingerprint density at radius 2 is 1.69 bits per heavy atom. The summed E-state index contributed by atoms with van der Waals surface area (Å²) in [4.78, 5) is 14.4. The number of aryl methyl sites for hydroxylation is 1. The molecular weight excluding hydrogens is 527 g/mol. The van der Waals surface area contributed by atoms with Gasteiger partial charge in [0.05, 0.1) is 35.5 Å². The topological polar surface area (TPSA) is 87.5 Å². The van der Waals surface area contributed by atoms with Gasteiger partial charge >= 0.3 is 52.1 Å². The third-order valence-corrected chi connectivity index (χ3v) is 6.90. The number of anilines is 1. The van der Waals surface area contributed by atoms with Crippen molar-refractivity contribution in [2.75, 3.05) is 24.4 Å². The summed E-state index contributed by atoms with van der Waals surface area (Å²) in [6.45, 7) is 1.08. The standard InChI is InChI=1S/C20H23F6N5O3S.Na.H/c1-29-5-3-4-16(11-29)31(17-10-27-30(2)12-17)35(33,34)28-18(32)8-13-6-14(19(21,22)23)9-15(7-13)20(24,25)26;;/h6-7,9-10,12,16H,3-5,8,11H2,1-2H3,(H,28,32);;. The van der Waals surface area contributed by atoms with Gasteiger partial charge in [0, 0.05) is 19.8 Å². The number of carbonyl (C=O) groups is 1. The Bertz CT molecular complexity index is 1150. The van der Waals surface area contributed by atoms with E-state index in [-0.39, 0.29) is 41.3 Å². The minimum absolute atomic E-state index is 0. The fourth-order valence-corrected chi connectivity index (χ4v) is 5.33. The third-order valence-electron chi connectivity index (χ3n) is 5.39. The summed E-state index contributed by atoms with van der Waals surface area (Å²) in [6, 6.07) is 0.128. The van der Waals surface area contributed by atoms with Gasteiger partial charge in [-0.3, -0.25) is 9.48 Å². The van der Waals surface area contributed by atoms with E-state index in [1.807, 2.05) is 4.90 Å². The van der Waals surface area contributed by atoms with E-state index in [0.29, 0.717) is 31.5 Å². The average Bonchev–Trinajstić information content (AvgIpc) is 3.11. The van der Waals surface area contributed by atoms with Crippen LogP contribution in [0.5, 0.6) is 0 Å². The van der Waals surface area contributed by atoms with Crippen LogP contribution in [-0.4, -0.2) is 84.7 Å². The number of hydrogen-bond donors (Lipinski definition) is 1. The Balaban J connectivity index is 0.00000456. The molecule has 1 saturated heterocycles. The summed E-state index contributed by atoms with van der Waals surface area (Å²) in [7, 11) is -1.21. The van der Waals surface area contributed by atoms with Gasteiger partial charge in [-0.15, -0.1) is 0 Å². The van der Waals surface area contributed by atoms with E-state index in [1.54, 1.807) is 18.8 Å². The number of rotatable bonds is 6. The Morgan fingerprint density at radius 1 is 1.11 bits per heavy atom. The van der Waals surface area contributed by atoms with E-state index in [0.717, 1.165) is 10.8 Å². The Labute approximate surface area is 226 Å². The molecule has 3 rings (SSSR count). The van der Waals surface area contributed by atoms with Crippen LogP contribution < -0.4 is 9.03 Å². The molecule has 1 fully saturated rings. The van der Waals surface area contributed by atoms with Crippen molar-refractivity contribution in [1.82, 2.24) is 19.4 Å². The summed E-state index contributed by atoms with van der Waals surface area (Å²) >= 11 is 0. The molecule has 1 atom stereocenters. The van der Waals surface area contributed by atoms with E-state index in [2.05, 4.69) is 5.10 Å². The Hall–Kier alpha value is -1.81. The van der Waals surface area contributed by atoms with Gasteiger partial charge in [0.1, 0.15) is 0 Å². The van der Waals surface area contributed by atoms with E-state index in [4.69, 9.17) is 0 Å². The van der Waals surface area contributed by atoms with Crippen LogP contribution in [0.3, 0.4) is 0 Å². The zero-order chi connectivity index (χ0) is 26.2. The molecule has 1 N–H and O–H groups in total. The van der Waals surface area contributed by atoms with E-state index in [1.165, 1.54) is 17.1 Å². The summed E-state index contributed by atoms with van der Waals surface area (Å²) in [5.74, 6) is -1.28. The molecule has 1 aromatic heterocycles. The molecule has 1 unspecified atom stereocenters. The molecule has 16 heteroatoms. The molecule has 36 heavy (non-hydrogen) atoms. The number of alkyl halides is 6. The Kier molecular flexibility index (Phi) is 9.54. The van der Waals surface area contributed by atoms with Gasteiger partial charge < -0.3 is 4.90 Å². The van der Waals surface area contributed by atoms with Gasteiger partial charge in [-0.25, -0.2) is 9.03 Å². The van der Waals surface area contributed by atoms with Crippen LogP contribution in [0.4, 0.5) is 32.0 Å². The summed E-state index contributed by atoms with van der Waals surface area (Å²) in [6.07, 6.45) is -7.37. The number of amides is 1. The second-order valence-electron chi connectivity index (χ2n) is 8.35. The fourth-order valence-electron chi connectivity index (χ4n) is 3.93. The summed E-state index contributed by atoms with van der Waals surface area (Å²) in [5, 5.41) is 3.95. The molecule has 2 aromatic rings. The molecule has 0 bridgehead atoms. The number of benzene rings is 1. The number of piperidine rings is 1. The van der Waals surface area contributed by atoms with Gasteiger partial charge in [0.15, 0.2) is 0 Å². The maximum atomic E-state index is 13.2. The van der Waals surface area contributed by atoms with Crippen molar-refractivity contribution in [3.8, 4) is 0 Å². The first-order valence-corrected chi connectivity index (χ1v) is 11.8. The molecule has 1 aromatic carbocycles. The number of hydrogen-bond acceptors (Lipinski definition) is 5. The van der Waals surface area contributed by atoms with Crippen LogP contribution in [0.15, 0.2) is 30.6 Å². The van der Waals surface area contributed by atoms with E-state index >= 15 is 0 Å². The number of nitrogens with zero attached hydrogens (tertiary/aromatic N) is 4. The van der Waals surface area contributed by atoms with Gasteiger partial charge in [0.25, 0.3) is 0 Å². The molecule has 0 radical (unpaired) electrons. The second-order valence-corrected chi connectivity index (χ2v) is 9.90. The maximum absolute atomic E-state index is 13.2. The van der Waals surface area contributed by atoms with Crippen LogP contribution in [0, 0.1) is 0 Å². The number of aromatic nitrogens is 2. The third kappa shape index (κ3) is 7.60. The van der Waals surface area contributed by atoms with Crippen LogP contribution in [-0.2, 0) is 40.8 Å². The van der Waals surface area contributed by atoms with Crippen molar-refractivity contribution in [2.24, 2.45) is 7.05 Å². The molecule has 1 aliphatic heterocycles. The summed E-state index contributed by atoms with van der Waals surface area (Å²) < 4.78 is 109. The zero-order valence-electron chi connectivity index (χ0n) is 18.7. The molecule has 2 heterocycles. The van der Waals surface area contributed by atoms with Gasteiger partial charge in [-0.1, -0.05) is 0 Å². The van der Waals surface area contributed by atoms with Gasteiger partial charge in [-0.2, -0.15) is 39.9 Å². The predicted octanol–water partition coefficient (Wildman–Crippen LogP) is 2.31. The molecule has 0 saturated carbocycles. The minimum atomic E-state index is -5.09. The van der Waals surface area contributed by atoms with Gasteiger partial charge in [0.2, 0.25) is 5.91 Å². The average molecular weight is 551 g/mol. The molecule has 1 aliphatic rings. The first kappa shape index (κ1) is 30.4. The second kappa shape index (κ2) is 11.3. The van der Waals surface area contributed by atoms with Crippen LogP contribution >= 0.6 is 0 Å². The van der Waals surface area contributed by atoms with Crippen molar-refractivity contribution in [3.05, 3.63) is 47.3 Å². The van der Waals surface area contributed by atoms with Crippen molar-refractivity contribution < 1.29 is 39.6 Å². The Morgan fingerprint density at radius 3 is 2.17 bits per heavy atom. The number of halogens is 6. The fraction of sp³-hybridized carbons (Fsp3) is 0.500. The molecular formula is C20H24F6N5NaO3S. The predicted molar refractivity (Wildman–Crippen MR) is 121 cm³/mol.